The number of methoxy groups -OCH3 is 1. The van der Waals surface area contributed by atoms with Crippen LogP contribution < -0.4 is 9.64 Å². The lowest BCUT2D eigenvalue weighted by molar-refractivity contribution is 0.0993. The molecule has 0 bridgehead atoms. The fraction of sp³-hybridized carbons (Fsp3) is 0.235. The fourth-order valence-corrected chi connectivity index (χ4v) is 1.90. The van der Waals surface area contributed by atoms with Gasteiger partial charge in [-0.3, -0.25) is 4.79 Å². The van der Waals surface area contributed by atoms with E-state index < -0.39 is 0 Å². The zero-order valence-electron chi connectivity index (χ0n) is 12.3. The minimum Gasteiger partial charge on any atom is -0.491 e. The van der Waals surface area contributed by atoms with Crippen molar-refractivity contribution in [1.29, 1.82) is 0 Å². The maximum Gasteiger partial charge on any atom is 0.258 e. The molecule has 4 heteroatoms. The lowest BCUT2D eigenvalue weighted by Gasteiger charge is -2.17. The van der Waals surface area contributed by atoms with Crippen molar-refractivity contribution in [2.45, 2.75) is 0 Å². The normalized spacial score (nSPS) is 10.2. The van der Waals surface area contributed by atoms with Crippen LogP contribution >= 0.6 is 0 Å². The summed E-state index contributed by atoms with van der Waals surface area (Å²) in [7, 11) is 3.39. The number of ether oxygens (including phenoxy) is 2. The Morgan fingerprint density at radius 2 is 1.67 bits per heavy atom. The second-order valence-corrected chi connectivity index (χ2v) is 4.57. The molecule has 0 aliphatic rings. The summed E-state index contributed by atoms with van der Waals surface area (Å²) in [6, 6.07) is 16.7. The van der Waals surface area contributed by atoms with E-state index in [4.69, 9.17) is 9.47 Å². The predicted molar refractivity (Wildman–Crippen MR) is 83.0 cm³/mol. The molecule has 2 aromatic rings. The molecule has 0 heterocycles. The van der Waals surface area contributed by atoms with E-state index in [1.807, 2.05) is 30.3 Å². The van der Waals surface area contributed by atoms with E-state index in [1.165, 1.54) is 0 Å². The summed E-state index contributed by atoms with van der Waals surface area (Å²) in [5.41, 5.74) is 1.49. The largest absolute Gasteiger partial charge is 0.491 e. The average Bonchev–Trinajstić information content (AvgIpc) is 2.55. The molecular weight excluding hydrogens is 266 g/mol. The fourth-order valence-electron chi connectivity index (χ4n) is 1.90. The quantitative estimate of drug-likeness (QED) is 0.766. The zero-order valence-corrected chi connectivity index (χ0v) is 12.3. The van der Waals surface area contributed by atoms with Gasteiger partial charge in [0.05, 0.1) is 6.61 Å². The van der Waals surface area contributed by atoms with Crippen LogP contribution in [0, 0.1) is 0 Å². The predicted octanol–water partition coefficient (Wildman–Crippen LogP) is 2.99. The molecule has 0 unspecified atom stereocenters. The molecule has 0 atom stereocenters. The Morgan fingerprint density at radius 3 is 2.29 bits per heavy atom. The van der Waals surface area contributed by atoms with Gasteiger partial charge in [-0.25, -0.2) is 0 Å². The lowest BCUT2D eigenvalue weighted by Crippen LogP contribution is -2.26. The Hall–Kier alpha value is -2.33. The van der Waals surface area contributed by atoms with Gasteiger partial charge < -0.3 is 14.4 Å². The molecule has 0 fully saturated rings. The molecule has 0 saturated heterocycles. The van der Waals surface area contributed by atoms with E-state index in [0.717, 1.165) is 11.4 Å². The second-order valence-electron chi connectivity index (χ2n) is 4.57. The molecule has 0 spiro atoms. The summed E-state index contributed by atoms with van der Waals surface area (Å²) in [6.45, 7) is 1.03. The van der Waals surface area contributed by atoms with Gasteiger partial charge in [-0.2, -0.15) is 0 Å². The number of benzene rings is 2. The van der Waals surface area contributed by atoms with Crippen LogP contribution in [0.5, 0.6) is 5.75 Å². The van der Waals surface area contributed by atoms with Gasteiger partial charge in [0, 0.05) is 25.4 Å². The molecule has 2 aromatic carbocycles. The second kappa shape index (κ2) is 7.45. The number of hydrogen-bond donors (Lipinski definition) is 0. The van der Waals surface area contributed by atoms with Crippen LogP contribution in [0.4, 0.5) is 5.69 Å². The van der Waals surface area contributed by atoms with Gasteiger partial charge in [-0.15, -0.1) is 0 Å². The average molecular weight is 285 g/mol. The van der Waals surface area contributed by atoms with Crippen molar-refractivity contribution in [2.24, 2.45) is 0 Å². The third-order valence-corrected chi connectivity index (χ3v) is 3.11. The molecule has 0 aliphatic heterocycles. The monoisotopic (exact) mass is 285 g/mol. The summed E-state index contributed by atoms with van der Waals surface area (Å²) in [5, 5.41) is 0. The number of rotatable bonds is 6. The number of hydrogen-bond acceptors (Lipinski definition) is 3. The van der Waals surface area contributed by atoms with Crippen molar-refractivity contribution in [3.05, 3.63) is 60.2 Å². The van der Waals surface area contributed by atoms with Gasteiger partial charge in [0.2, 0.25) is 0 Å². The molecule has 0 N–H and O–H groups in total. The maximum absolute atomic E-state index is 12.4. The number of carbonyl (C=O) groups is 1. The van der Waals surface area contributed by atoms with Crippen LogP contribution in [0.15, 0.2) is 54.6 Å². The third kappa shape index (κ3) is 4.07. The van der Waals surface area contributed by atoms with Crippen molar-refractivity contribution in [2.75, 3.05) is 32.3 Å². The van der Waals surface area contributed by atoms with Crippen molar-refractivity contribution in [3.8, 4) is 5.75 Å². The van der Waals surface area contributed by atoms with Gasteiger partial charge in [0.1, 0.15) is 12.4 Å². The molecule has 21 heavy (non-hydrogen) atoms. The molecule has 110 valence electrons. The number of amides is 1. The number of carbonyl (C=O) groups excluding carboxylic acids is 1. The molecule has 0 radical (unpaired) electrons. The van der Waals surface area contributed by atoms with Crippen molar-refractivity contribution in [3.63, 3.8) is 0 Å². The van der Waals surface area contributed by atoms with Gasteiger partial charge >= 0.3 is 0 Å². The molecular formula is C17H19NO3. The van der Waals surface area contributed by atoms with Crippen LogP contribution in [0.2, 0.25) is 0 Å². The zero-order chi connectivity index (χ0) is 15.1. The molecule has 4 nitrogen and oxygen atoms in total. The first-order valence-corrected chi connectivity index (χ1v) is 6.77. The van der Waals surface area contributed by atoms with Gasteiger partial charge in [-0.05, 0) is 36.4 Å². The molecule has 1 amide bonds. The van der Waals surface area contributed by atoms with E-state index in [2.05, 4.69) is 0 Å². The maximum atomic E-state index is 12.4. The topological polar surface area (TPSA) is 38.8 Å². The summed E-state index contributed by atoms with van der Waals surface area (Å²) in [5.74, 6) is 0.676. The van der Waals surface area contributed by atoms with Crippen molar-refractivity contribution < 1.29 is 14.3 Å². The summed E-state index contributed by atoms with van der Waals surface area (Å²) in [4.78, 5) is 14.0. The van der Waals surface area contributed by atoms with Crippen molar-refractivity contribution >= 4 is 11.6 Å². The highest BCUT2D eigenvalue weighted by atomic mass is 16.5. The number of nitrogens with zero attached hydrogens (tertiary/aromatic N) is 1. The van der Waals surface area contributed by atoms with E-state index in [0.29, 0.717) is 18.8 Å². The van der Waals surface area contributed by atoms with E-state index >= 15 is 0 Å². The van der Waals surface area contributed by atoms with E-state index in [1.54, 1.807) is 43.3 Å². The van der Waals surface area contributed by atoms with E-state index in [-0.39, 0.29) is 5.91 Å². The van der Waals surface area contributed by atoms with Gasteiger partial charge in [-0.1, -0.05) is 18.2 Å². The first-order chi connectivity index (χ1) is 10.2. The minimum atomic E-state index is -0.0513. The van der Waals surface area contributed by atoms with Crippen LogP contribution in [0.25, 0.3) is 0 Å². The standard InChI is InChI=1S/C17H19NO3/c1-18(15-6-4-3-5-7-15)17(19)14-8-10-16(11-9-14)21-13-12-20-2/h3-11H,12-13H2,1-2H3. The Kier molecular flexibility index (Phi) is 5.35. The van der Waals surface area contributed by atoms with Crippen LogP contribution in [-0.2, 0) is 4.74 Å². The molecule has 2 rings (SSSR count). The highest BCUT2D eigenvalue weighted by Crippen LogP contribution is 2.17. The Balaban J connectivity index is 2.03. The SMILES string of the molecule is COCCOc1ccc(C(=O)N(C)c2ccccc2)cc1. The van der Waals surface area contributed by atoms with Crippen LogP contribution in [0.1, 0.15) is 10.4 Å². The first-order valence-electron chi connectivity index (χ1n) is 6.77. The summed E-state index contributed by atoms with van der Waals surface area (Å²) >= 11 is 0. The van der Waals surface area contributed by atoms with Gasteiger partial charge in [0.15, 0.2) is 0 Å². The molecule has 0 saturated carbocycles. The molecule has 0 aromatic heterocycles. The Bertz CT molecular complexity index is 566. The lowest BCUT2D eigenvalue weighted by atomic mass is 10.2. The summed E-state index contributed by atoms with van der Waals surface area (Å²) < 4.78 is 10.4. The van der Waals surface area contributed by atoms with Crippen LogP contribution in [-0.4, -0.2) is 33.3 Å². The third-order valence-electron chi connectivity index (χ3n) is 3.11. The van der Waals surface area contributed by atoms with Gasteiger partial charge in [0.25, 0.3) is 5.91 Å². The first kappa shape index (κ1) is 15.1. The van der Waals surface area contributed by atoms with Crippen LogP contribution in [0.3, 0.4) is 0 Å². The van der Waals surface area contributed by atoms with E-state index in [9.17, 15) is 4.79 Å². The highest BCUT2D eigenvalue weighted by Gasteiger charge is 2.12. The Labute approximate surface area is 124 Å². The number of para-hydroxylation sites is 1. The minimum absolute atomic E-state index is 0.0513. The summed E-state index contributed by atoms with van der Waals surface area (Å²) in [6.07, 6.45) is 0. The smallest absolute Gasteiger partial charge is 0.258 e. The number of anilines is 1. The van der Waals surface area contributed by atoms with Crippen molar-refractivity contribution in [1.82, 2.24) is 0 Å². The Morgan fingerprint density at radius 1 is 1.00 bits per heavy atom. The highest BCUT2D eigenvalue weighted by molar-refractivity contribution is 6.05. The molecule has 0 aliphatic carbocycles.